The summed E-state index contributed by atoms with van der Waals surface area (Å²) in [6, 6.07) is 34.0. The number of nitrogens with zero attached hydrogens (tertiary/aromatic N) is 2. The van der Waals surface area contributed by atoms with Crippen LogP contribution >= 0.6 is 0 Å². The van der Waals surface area contributed by atoms with Crippen molar-refractivity contribution in [2.24, 2.45) is 7.05 Å². The van der Waals surface area contributed by atoms with Crippen molar-refractivity contribution in [2.45, 2.75) is 19.8 Å². The number of unbranched alkanes of at least 4 members (excludes halogenated alkanes) is 1. The number of rotatable bonds is 6. The van der Waals surface area contributed by atoms with Gasteiger partial charge in [0, 0.05) is 11.6 Å². The number of ether oxygens (including phenoxy) is 1. The van der Waals surface area contributed by atoms with E-state index < -0.39 is 0 Å². The lowest BCUT2D eigenvalue weighted by atomic mass is 9.89. The number of hydrogen-bond donors (Lipinski definition) is 0. The molecule has 0 fully saturated rings. The van der Waals surface area contributed by atoms with Crippen molar-refractivity contribution in [1.82, 2.24) is 4.98 Å². The van der Waals surface area contributed by atoms with Gasteiger partial charge in [0.2, 0.25) is 5.89 Å². The highest BCUT2D eigenvalue weighted by Gasteiger charge is 2.20. The highest BCUT2D eigenvalue weighted by atomic mass is 16.5. The second kappa shape index (κ2) is 9.55. The van der Waals surface area contributed by atoms with Gasteiger partial charge >= 0.3 is 0 Å². The van der Waals surface area contributed by atoms with E-state index >= 15 is 0 Å². The van der Waals surface area contributed by atoms with Gasteiger partial charge < -0.3 is 9.15 Å². The third-order valence-electron chi connectivity index (χ3n) is 7.53. The van der Waals surface area contributed by atoms with Crippen molar-refractivity contribution in [3.63, 3.8) is 0 Å². The molecule has 0 spiro atoms. The van der Waals surface area contributed by atoms with Crippen LogP contribution in [-0.2, 0) is 7.05 Å². The third kappa shape index (κ3) is 4.00. The van der Waals surface area contributed by atoms with Crippen LogP contribution in [0.15, 0.2) is 108 Å². The molecule has 0 unspecified atom stereocenters. The predicted octanol–water partition coefficient (Wildman–Crippen LogP) is 8.62. The van der Waals surface area contributed by atoms with E-state index in [0.717, 1.165) is 52.8 Å². The minimum Gasteiger partial charge on any atom is -0.487 e. The molecule has 39 heavy (non-hydrogen) atoms. The third-order valence-corrected chi connectivity index (χ3v) is 7.53. The summed E-state index contributed by atoms with van der Waals surface area (Å²) in [4.78, 5) is 4.74. The summed E-state index contributed by atoms with van der Waals surface area (Å²) in [5.41, 5.74) is 6.16. The number of aryl methyl sites for hydroxylation is 1. The van der Waals surface area contributed by atoms with Crippen LogP contribution in [0, 0.1) is 0 Å². The molecule has 0 saturated heterocycles. The Hall–Kier alpha value is -4.70. The fourth-order valence-corrected chi connectivity index (χ4v) is 5.62. The Kier molecular flexibility index (Phi) is 5.74. The molecule has 2 aromatic heterocycles. The standard InChI is InChI=1S/C35H29N2O2/c1-3-4-20-38-32-18-17-28(29-12-9-19-37(2)34(29)32)33-26-11-6-5-10-23(26)21-25-22-24(15-16-27(25)33)35-36-30-13-7-8-14-31(30)39-35/h5-19,21-22H,3-4,20H2,1-2H3/q+1. The lowest BCUT2D eigenvalue weighted by Crippen LogP contribution is -2.28. The largest absolute Gasteiger partial charge is 0.487 e. The van der Waals surface area contributed by atoms with Gasteiger partial charge in [0.25, 0.3) is 5.52 Å². The van der Waals surface area contributed by atoms with Crippen molar-refractivity contribution in [3.8, 4) is 28.3 Å². The first-order chi connectivity index (χ1) is 19.2. The summed E-state index contributed by atoms with van der Waals surface area (Å²) < 4.78 is 14.5. The molecule has 7 rings (SSSR count). The molecule has 2 heterocycles. The predicted molar refractivity (Wildman–Crippen MR) is 159 cm³/mol. The molecule has 4 heteroatoms. The first-order valence-corrected chi connectivity index (χ1v) is 13.6. The first kappa shape index (κ1) is 23.4. The highest BCUT2D eigenvalue weighted by molar-refractivity contribution is 6.17. The maximum absolute atomic E-state index is 6.26. The van der Waals surface area contributed by atoms with E-state index in [-0.39, 0.29) is 0 Å². The van der Waals surface area contributed by atoms with Gasteiger partial charge in [-0.3, -0.25) is 0 Å². The molecule has 0 aliphatic rings. The Balaban J connectivity index is 1.48. The van der Waals surface area contributed by atoms with Gasteiger partial charge in [-0.25, -0.2) is 4.98 Å². The van der Waals surface area contributed by atoms with E-state index in [2.05, 4.69) is 97.5 Å². The number of fused-ring (bicyclic) bond motifs is 4. The maximum Gasteiger partial charge on any atom is 0.255 e. The zero-order chi connectivity index (χ0) is 26.3. The van der Waals surface area contributed by atoms with Gasteiger partial charge in [0.1, 0.15) is 12.6 Å². The highest BCUT2D eigenvalue weighted by Crippen LogP contribution is 2.42. The molecule has 0 saturated carbocycles. The molecule has 5 aromatic carbocycles. The van der Waals surface area contributed by atoms with Crippen LogP contribution < -0.4 is 9.30 Å². The zero-order valence-corrected chi connectivity index (χ0v) is 22.1. The molecule has 0 radical (unpaired) electrons. The molecule has 0 N–H and O–H groups in total. The van der Waals surface area contributed by atoms with E-state index in [1.54, 1.807) is 0 Å². The fraction of sp³-hybridized carbons (Fsp3) is 0.143. The monoisotopic (exact) mass is 509 g/mol. The summed E-state index contributed by atoms with van der Waals surface area (Å²) in [5.74, 6) is 1.56. The molecule has 0 amide bonds. The van der Waals surface area contributed by atoms with Gasteiger partial charge in [-0.1, -0.05) is 55.8 Å². The van der Waals surface area contributed by atoms with Gasteiger partial charge in [-0.15, -0.1) is 0 Å². The Morgan fingerprint density at radius 1 is 0.795 bits per heavy atom. The molecular formula is C35H29N2O2+. The summed E-state index contributed by atoms with van der Waals surface area (Å²) in [6.45, 7) is 2.90. The van der Waals surface area contributed by atoms with Crippen molar-refractivity contribution in [1.29, 1.82) is 0 Å². The van der Waals surface area contributed by atoms with Crippen LogP contribution in [0.25, 0.3) is 66.1 Å². The van der Waals surface area contributed by atoms with Crippen LogP contribution in [0.1, 0.15) is 19.8 Å². The Bertz CT molecular complexity index is 1970. The minimum atomic E-state index is 0.638. The van der Waals surface area contributed by atoms with Crippen LogP contribution in [0.5, 0.6) is 5.75 Å². The van der Waals surface area contributed by atoms with Crippen molar-refractivity contribution >= 4 is 43.5 Å². The number of para-hydroxylation sites is 2. The number of pyridine rings is 1. The summed E-state index contributed by atoms with van der Waals surface area (Å²) in [6.07, 6.45) is 4.23. The fourth-order valence-electron chi connectivity index (χ4n) is 5.62. The zero-order valence-electron chi connectivity index (χ0n) is 22.1. The maximum atomic E-state index is 6.26. The molecular weight excluding hydrogens is 480 g/mol. The second-order valence-electron chi connectivity index (χ2n) is 10.1. The van der Waals surface area contributed by atoms with Gasteiger partial charge in [0.15, 0.2) is 17.5 Å². The number of aromatic nitrogens is 2. The molecule has 0 aliphatic heterocycles. The van der Waals surface area contributed by atoms with Crippen LogP contribution in [0.4, 0.5) is 0 Å². The van der Waals surface area contributed by atoms with E-state index in [9.17, 15) is 0 Å². The number of oxazole rings is 1. The van der Waals surface area contributed by atoms with Crippen LogP contribution in [-0.4, -0.2) is 11.6 Å². The first-order valence-electron chi connectivity index (χ1n) is 13.6. The molecule has 0 atom stereocenters. The smallest absolute Gasteiger partial charge is 0.255 e. The lowest BCUT2D eigenvalue weighted by molar-refractivity contribution is -0.645. The average molecular weight is 510 g/mol. The molecule has 190 valence electrons. The van der Waals surface area contributed by atoms with Gasteiger partial charge in [0.05, 0.1) is 12.0 Å². The van der Waals surface area contributed by atoms with Gasteiger partial charge in [-0.2, -0.15) is 4.57 Å². The minimum absolute atomic E-state index is 0.638. The Morgan fingerprint density at radius 3 is 2.51 bits per heavy atom. The van der Waals surface area contributed by atoms with E-state index in [4.69, 9.17) is 14.1 Å². The molecule has 7 aromatic rings. The second-order valence-corrected chi connectivity index (χ2v) is 10.1. The van der Waals surface area contributed by atoms with Gasteiger partial charge in [-0.05, 0) is 87.6 Å². The molecule has 4 nitrogen and oxygen atoms in total. The van der Waals surface area contributed by atoms with Crippen molar-refractivity contribution in [2.75, 3.05) is 6.61 Å². The van der Waals surface area contributed by atoms with E-state index in [0.29, 0.717) is 5.89 Å². The number of hydrogen-bond acceptors (Lipinski definition) is 3. The lowest BCUT2D eigenvalue weighted by Gasteiger charge is -2.15. The summed E-state index contributed by atoms with van der Waals surface area (Å²) >= 11 is 0. The van der Waals surface area contributed by atoms with E-state index in [1.165, 1.54) is 32.7 Å². The van der Waals surface area contributed by atoms with Crippen LogP contribution in [0.2, 0.25) is 0 Å². The average Bonchev–Trinajstić information content (AvgIpc) is 3.41. The number of benzene rings is 5. The van der Waals surface area contributed by atoms with Crippen molar-refractivity contribution < 1.29 is 13.7 Å². The normalized spacial score (nSPS) is 11.6. The summed E-state index contributed by atoms with van der Waals surface area (Å²) in [5, 5.41) is 5.95. The Labute approximate surface area is 227 Å². The molecule has 0 aliphatic carbocycles. The topological polar surface area (TPSA) is 39.1 Å². The van der Waals surface area contributed by atoms with Crippen molar-refractivity contribution in [3.05, 3.63) is 103 Å². The van der Waals surface area contributed by atoms with E-state index in [1.807, 2.05) is 24.3 Å². The van der Waals surface area contributed by atoms with Crippen LogP contribution in [0.3, 0.4) is 0 Å². The molecule has 0 bridgehead atoms. The Morgan fingerprint density at radius 2 is 1.62 bits per heavy atom. The SMILES string of the molecule is CCCCOc1ccc(-c2c3ccccc3cc3cc(-c4nc5ccccc5o4)ccc23)c2ccc[n+](C)c12. The quantitative estimate of drug-likeness (QED) is 0.128. The summed E-state index contributed by atoms with van der Waals surface area (Å²) in [7, 11) is 2.09.